The predicted octanol–water partition coefficient (Wildman–Crippen LogP) is 5.38. The Balaban J connectivity index is 1.78. The third-order valence-electron chi connectivity index (χ3n) is 5.82. The zero-order chi connectivity index (χ0) is 21.3. The van der Waals surface area contributed by atoms with E-state index in [2.05, 4.69) is 19.0 Å². The van der Waals surface area contributed by atoms with Gasteiger partial charge in [0.2, 0.25) is 0 Å². The van der Waals surface area contributed by atoms with E-state index in [0.29, 0.717) is 23.4 Å². The van der Waals surface area contributed by atoms with E-state index in [0.717, 1.165) is 42.9 Å². The fourth-order valence-electron chi connectivity index (χ4n) is 4.56. The van der Waals surface area contributed by atoms with E-state index in [4.69, 9.17) is 9.26 Å². The second kappa shape index (κ2) is 8.49. The summed E-state index contributed by atoms with van der Waals surface area (Å²) in [6.45, 7) is 9.94. The zero-order valence-corrected chi connectivity index (χ0v) is 18.4. The molecule has 0 amide bonds. The van der Waals surface area contributed by atoms with Gasteiger partial charge < -0.3 is 14.4 Å². The smallest absolute Gasteiger partial charge is 0.307 e. The quantitative estimate of drug-likeness (QED) is 0.555. The fraction of sp³-hybridized carbons (Fsp3) is 0.783. The molecule has 0 bridgehead atoms. The summed E-state index contributed by atoms with van der Waals surface area (Å²) >= 11 is 0. The van der Waals surface area contributed by atoms with Crippen LogP contribution >= 0.6 is 0 Å². The lowest BCUT2D eigenvalue weighted by Crippen LogP contribution is -2.26. The summed E-state index contributed by atoms with van der Waals surface area (Å²) in [5.74, 6) is 1.30. The van der Waals surface area contributed by atoms with Gasteiger partial charge in [0.1, 0.15) is 11.4 Å². The molecule has 1 aromatic rings. The predicted molar refractivity (Wildman–Crippen MR) is 109 cm³/mol. The lowest BCUT2D eigenvalue weighted by atomic mass is 9.69. The average Bonchev–Trinajstić information content (AvgIpc) is 3.26. The van der Waals surface area contributed by atoms with E-state index in [1.54, 1.807) is 0 Å². The van der Waals surface area contributed by atoms with Crippen LogP contribution in [0.4, 0.5) is 0 Å². The van der Waals surface area contributed by atoms with Crippen LogP contribution in [-0.4, -0.2) is 27.8 Å². The number of carboxylic acids is 1. The Bertz CT molecular complexity index is 735. The molecule has 3 rings (SSSR count). The van der Waals surface area contributed by atoms with E-state index in [1.807, 2.05) is 20.8 Å². The van der Waals surface area contributed by atoms with Crippen molar-refractivity contribution in [3.63, 3.8) is 0 Å². The Hall–Kier alpha value is -1.85. The van der Waals surface area contributed by atoms with Gasteiger partial charge in [0.05, 0.1) is 18.5 Å². The van der Waals surface area contributed by atoms with Crippen LogP contribution < -0.4 is 0 Å². The molecule has 29 heavy (non-hydrogen) atoms. The molecule has 0 aliphatic heterocycles. The number of aliphatic carboxylic acids is 1. The van der Waals surface area contributed by atoms with Crippen LogP contribution in [0.3, 0.4) is 0 Å². The topological polar surface area (TPSA) is 89.6 Å². The molecular weight excluding hydrogens is 370 g/mol. The Morgan fingerprint density at radius 3 is 2.34 bits per heavy atom. The first-order chi connectivity index (χ1) is 13.5. The summed E-state index contributed by atoms with van der Waals surface area (Å²) in [7, 11) is 0. The second-order valence-corrected chi connectivity index (χ2v) is 10.4. The van der Waals surface area contributed by atoms with E-state index in [-0.39, 0.29) is 12.8 Å². The SMILES string of the molecule is CC(C)C[C@H]1C[C@@H](c2onc([C@H](CC(=O)O)CC(=O)OC(C)(C)C)c2C2CC2)C1. The summed E-state index contributed by atoms with van der Waals surface area (Å²) in [5.41, 5.74) is 1.16. The molecule has 1 aromatic heterocycles. The molecular formula is C23H35NO5. The molecule has 1 atom stereocenters. The van der Waals surface area contributed by atoms with E-state index < -0.39 is 23.5 Å². The minimum absolute atomic E-state index is 0.00983. The van der Waals surface area contributed by atoms with Crippen LogP contribution in [0.5, 0.6) is 0 Å². The second-order valence-electron chi connectivity index (χ2n) is 10.4. The van der Waals surface area contributed by atoms with Gasteiger partial charge in [-0.15, -0.1) is 0 Å². The molecule has 6 heteroatoms. The number of hydrogen-bond acceptors (Lipinski definition) is 5. The maximum absolute atomic E-state index is 12.4. The Morgan fingerprint density at radius 2 is 1.83 bits per heavy atom. The molecule has 1 heterocycles. The van der Waals surface area contributed by atoms with Gasteiger partial charge in [-0.05, 0) is 70.6 Å². The van der Waals surface area contributed by atoms with Crippen molar-refractivity contribution in [2.45, 2.75) is 103 Å². The summed E-state index contributed by atoms with van der Waals surface area (Å²) in [6, 6.07) is 0. The highest BCUT2D eigenvalue weighted by Crippen LogP contribution is 2.52. The number of ether oxygens (including phenoxy) is 1. The van der Waals surface area contributed by atoms with Gasteiger partial charge in [-0.1, -0.05) is 19.0 Å². The number of rotatable bonds is 9. The number of carbonyl (C=O) groups excluding carboxylic acids is 1. The maximum Gasteiger partial charge on any atom is 0.307 e. The standard InChI is InChI=1S/C23H35NO5/c1-13(2)8-14-9-17(10-14)22-20(15-6-7-15)21(24-29-22)16(11-18(25)26)12-19(27)28-23(3,4)5/h13-17H,6-12H2,1-5H3,(H,25,26)/t14-,16-,17+/m1/s1. The molecule has 0 unspecified atom stereocenters. The Morgan fingerprint density at radius 1 is 1.17 bits per heavy atom. The largest absolute Gasteiger partial charge is 0.481 e. The molecule has 6 nitrogen and oxygen atoms in total. The lowest BCUT2D eigenvalue weighted by Gasteiger charge is -2.35. The number of carboxylic acid groups (broad SMARTS) is 1. The first-order valence-electron chi connectivity index (χ1n) is 11.0. The number of hydrogen-bond donors (Lipinski definition) is 1. The van der Waals surface area contributed by atoms with Crippen LogP contribution in [-0.2, 0) is 14.3 Å². The van der Waals surface area contributed by atoms with E-state index in [1.165, 1.54) is 6.42 Å². The average molecular weight is 406 g/mol. The van der Waals surface area contributed by atoms with Gasteiger partial charge in [0.15, 0.2) is 0 Å². The summed E-state index contributed by atoms with van der Waals surface area (Å²) in [6.07, 6.45) is 5.48. The molecule has 162 valence electrons. The molecule has 0 saturated heterocycles. The molecule has 2 aliphatic carbocycles. The monoisotopic (exact) mass is 405 g/mol. The van der Waals surface area contributed by atoms with Crippen molar-refractivity contribution in [1.82, 2.24) is 5.16 Å². The fourth-order valence-corrected chi connectivity index (χ4v) is 4.56. The van der Waals surface area contributed by atoms with Crippen LogP contribution in [0.2, 0.25) is 0 Å². The normalized spacial score (nSPS) is 23.0. The Labute approximate surface area is 173 Å². The summed E-state index contributed by atoms with van der Waals surface area (Å²) in [4.78, 5) is 23.9. The third kappa shape index (κ3) is 5.83. The zero-order valence-electron chi connectivity index (χ0n) is 18.4. The summed E-state index contributed by atoms with van der Waals surface area (Å²) < 4.78 is 11.2. The Kier molecular flexibility index (Phi) is 6.39. The van der Waals surface area contributed by atoms with Gasteiger partial charge in [-0.3, -0.25) is 9.59 Å². The minimum Gasteiger partial charge on any atom is -0.481 e. The van der Waals surface area contributed by atoms with Crippen molar-refractivity contribution in [2.75, 3.05) is 0 Å². The molecule has 0 aromatic carbocycles. The van der Waals surface area contributed by atoms with Gasteiger partial charge in [-0.2, -0.15) is 0 Å². The highest BCUT2D eigenvalue weighted by Gasteiger charge is 2.42. The van der Waals surface area contributed by atoms with Gasteiger partial charge in [0, 0.05) is 17.4 Å². The first kappa shape index (κ1) is 21.8. The molecule has 0 spiro atoms. The molecule has 2 aliphatic rings. The molecule has 2 saturated carbocycles. The highest BCUT2D eigenvalue weighted by atomic mass is 16.6. The van der Waals surface area contributed by atoms with Crippen molar-refractivity contribution < 1.29 is 24.0 Å². The van der Waals surface area contributed by atoms with Crippen molar-refractivity contribution in [3.05, 3.63) is 17.0 Å². The van der Waals surface area contributed by atoms with Crippen molar-refractivity contribution in [2.24, 2.45) is 11.8 Å². The lowest BCUT2D eigenvalue weighted by molar-refractivity contribution is -0.155. The summed E-state index contributed by atoms with van der Waals surface area (Å²) in [5, 5.41) is 13.7. The molecule has 1 N–H and O–H groups in total. The van der Waals surface area contributed by atoms with Crippen LogP contribution in [0.1, 0.15) is 114 Å². The molecule has 2 fully saturated rings. The number of nitrogens with zero attached hydrogens (tertiary/aromatic N) is 1. The highest BCUT2D eigenvalue weighted by molar-refractivity contribution is 5.74. The van der Waals surface area contributed by atoms with Crippen LogP contribution in [0, 0.1) is 11.8 Å². The minimum atomic E-state index is -0.939. The number of carbonyl (C=O) groups is 2. The first-order valence-corrected chi connectivity index (χ1v) is 11.0. The maximum atomic E-state index is 12.4. The van der Waals surface area contributed by atoms with E-state index >= 15 is 0 Å². The van der Waals surface area contributed by atoms with Crippen molar-refractivity contribution >= 4 is 11.9 Å². The molecule has 0 radical (unpaired) electrons. The number of aromatic nitrogens is 1. The van der Waals surface area contributed by atoms with Gasteiger partial charge in [0.25, 0.3) is 0 Å². The van der Waals surface area contributed by atoms with Crippen molar-refractivity contribution in [3.8, 4) is 0 Å². The number of esters is 1. The third-order valence-corrected chi connectivity index (χ3v) is 5.82. The van der Waals surface area contributed by atoms with Crippen molar-refractivity contribution in [1.29, 1.82) is 0 Å². The van der Waals surface area contributed by atoms with Gasteiger partial charge in [-0.25, -0.2) is 0 Å². The van der Waals surface area contributed by atoms with Gasteiger partial charge >= 0.3 is 11.9 Å². The van der Waals surface area contributed by atoms with Crippen LogP contribution in [0.15, 0.2) is 4.52 Å². The van der Waals surface area contributed by atoms with Crippen LogP contribution in [0.25, 0.3) is 0 Å². The van der Waals surface area contributed by atoms with E-state index in [9.17, 15) is 14.7 Å².